The number of amides is 2. The van der Waals surface area contributed by atoms with E-state index >= 15 is 0 Å². The van der Waals surface area contributed by atoms with Crippen LogP contribution in [-0.4, -0.2) is 134 Å². The van der Waals surface area contributed by atoms with Crippen molar-refractivity contribution in [2.75, 3.05) is 44.4 Å². The number of aromatic nitrogens is 4. The number of nitrogens with zero attached hydrogens (tertiary/aromatic N) is 4. The predicted octanol–water partition coefficient (Wildman–Crippen LogP) is -1.79. The van der Waals surface area contributed by atoms with Gasteiger partial charge in [-0.3, -0.25) is 32.5 Å². The normalized spacial score (nSPS) is 22.2. The molecule has 0 spiro atoms. The van der Waals surface area contributed by atoms with Gasteiger partial charge in [0.2, 0.25) is 16.9 Å². The lowest BCUT2D eigenvalue weighted by molar-refractivity contribution is -0.137. The van der Waals surface area contributed by atoms with Crippen molar-refractivity contribution in [2.24, 2.45) is 5.41 Å². The molecule has 1 aliphatic rings. The van der Waals surface area contributed by atoms with Gasteiger partial charge < -0.3 is 56.0 Å². The van der Waals surface area contributed by atoms with E-state index in [1.165, 1.54) is 26.0 Å². The Hall–Kier alpha value is -2.74. The number of imidazole rings is 1. The van der Waals surface area contributed by atoms with Crippen molar-refractivity contribution in [1.29, 1.82) is 0 Å². The number of anilines is 1. The number of nitrogens with two attached hydrogens (primary N) is 1. The van der Waals surface area contributed by atoms with Gasteiger partial charge >= 0.3 is 23.5 Å². The molecule has 2 aromatic rings. The van der Waals surface area contributed by atoms with Crippen LogP contribution in [0.1, 0.15) is 26.5 Å². The molecule has 54 heavy (non-hydrogen) atoms. The number of rotatable bonds is 21. The van der Waals surface area contributed by atoms with Gasteiger partial charge in [0.25, 0.3) is 0 Å². The lowest BCUT2D eigenvalue weighted by Gasteiger charge is -2.30. The summed E-state index contributed by atoms with van der Waals surface area (Å²) in [5, 5.41) is 34.5. The van der Waals surface area contributed by atoms with E-state index in [1.807, 2.05) is 0 Å². The van der Waals surface area contributed by atoms with Crippen LogP contribution in [0.4, 0.5) is 5.82 Å². The van der Waals surface area contributed by atoms with E-state index in [4.69, 9.17) is 24.6 Å². The molecule has 1 fully saturated rings. The third kappa shape index (κ3) is 13.8. The second-order valence-electron chi connectivity index (χ2n) is 11.8. The number of aliphatic hydroxyl groups is 3. The highest BCUT2D eigenvalue weighted by Crippen LogP contribution is 2.61. The summed E-state index contributed by atoms with van der Waals surface area (Å²) in [6.07, 6.45) is -4.54. The van der Waals surface area contributed by atoms with E-state index < -0.39 is 84.6 Å². The Morgan fingerprint density at radius 1 is 1.09 bits per heavy atom. The van der Waals surface area contributed by atoms with Gasteiger partial charge in [0, 0.05) is 30.7 Å². The van der Waals surface area contributed by atoms with Crippen LogP contribution in [0.2, 0.25) is 0 Å². The SMILES string of the molecule is CC(C)(COP(=O)(O)OP(=O)(O)OC[C@H]1O[C@@H](n2cnc3c(N)ncnc32)[C@H](O)[C@@H]1OP(=O)(O)O)C(O)C(=O)NCCC(=O)NCCSC(=O)C=CCO. The third-order valence-corrected chi connectivity index (χ3v) is 11.0. The number of aliphatic hydroxyl groups excluding tert-OH is 3. The molecule has 3 rings (SSSR count). The molecule has 3 heterocycles. The fourth-order valence-electron chi connectivity index (χ4n) is 4.48. The molecule has 11 N–H and O–H groups in total. The van der Waals surface area contributed by atoms with Gasteiger partial charge in [0.15, 0.2) is 17.7 Å². The van der Waals surface area contributed by atoms with Crippen LogP contribution in [0.5, 0.6) is 0 Å². The minimum absolute atomic E-state index is 0.0252. The number of carbonyl (C=O) groups is 3. The fourth-order valence-corrected chi connectivity index (χ4v) is 7.91. The summed E-state index contributed by atoms with van der Waals surface area (Å²) in [4.78, 5) is 86.7. The van der Waals surface area contributed by atoms with Crippen molar-refractivity contribution in [1.82, 2.24) is 30.2 Å². The number of thioether (sulfide) groups is 1. The van der Waals surface area contributed by atoms with Crippen LogP contribution in [0.3, 0.4) is 0 Å². The molecule has 0 aliphatic carbocycles. The van der Waals surface area contributed by atoms with Crippen LogP contribution in [0.15, 0.2) is 24.8 Å². The van der Waals surface area contributed by atoms with Crippen molar-refractivity contribution in [3.05, 3.63) is 24.8 Å². The van der Waals surface area contributed by atoms with Gasteiger partial charge in [0.05, 0.1) is 26.1 Å². The summed E-state index contributed by atoms with van der Waals surface area (Å²) < 4.78 is 61.9. The Morgan fingerprint density at radius 2 is 1.78 bits per heavy atom. The molecule has 2 aromatic heterocycles. The number of phosphoric acid groups is 3. The molecule has 29 heteroatoms. The quantitative estimate of drug-likeness (QED) is 0.0377. The zero-order chi connectivity index (χ0) is 40.5. The first kappa shape index (κ1) is 45.6. The summed E-state index contributed by atoms with van der Waals surface area (Å²) >= 11 is 0.912. The van der Waals surface area contributed by atoms with Gasteiger partial charge in [-0.2, -0.15) is 4.31 Å². The minimum Gasteiger partial charge on any atom is -0.392 e. The largest absolute Gasteiger partial charge is 0.481 e. The van der Waals surface area contributed by atoms with E-state index in [-0.39, 0.29) is 54.0 Å². The number of nitrogens with one attached hydrogen (secondary N) is 2. The highest BCUT2D eigenvalue weighted by atomic mass is 32.2. The maximum Gasteiger partial charge on any atom is 0.481 e. The fraction of sp³-hybridized carbons (Fsp3) is 0.600. The lowest BCUT2D eigenvalue weighted by atomic mass is 9.87. The van der Waals surface area contributed by atoms with Gasteiger partial charge in [0.1, 0.15) is 36.3 Å². The van der Waals surface area contributed by atoms with Crippen molar-refractivity contribution in [2.45, 2.75) is 50.9 Å². The molecule has 1 aliphatic heterocycles. The van der Waals surface area contributed by atoms with E-state index in [0.29, 0.717) is 0 Å². The van der Waals surface area contributed by atoms with Crippen molar-refractivity contribution in [3.63, 3.8) is 0 Å². The monoisotopic (exact) mass is 851 g/mol. The molecule has 1 saturated heterocycles. The number of hydrogen-bond acceptors (Lipinski definition) is 19. The topological polar surface area (TPSA) is 384 Å². The van der Waals surface area contributed by atoms with E-state index in [2.05, 4.69) is 34.4 Å². The standard InChI is InChI=1S/C25H40N7O18P3S/c1-25(2,20(37)23(38)28-6-5-15(34)27-7-9-54-16(35)4-3-8-33)11-47-53(44,45)50-52(42,43)46-10-14-19(49-51(39,40)41)18(36)24(48-14)32-13-31-17-21(26)29-12-30-22(17)32/h3-4,12-14,18-20,24,33,36-37H,5-11H2,1-2H3,(H,27,34)(H,28,38)(H,42,43)(H,44,45)(H2,26,29,30)(H2,39,40,41)/t14-,18-,19-,20?,24-/m1/s1. The number of phosphoric ester groups is 3. The van der Waals surface area contributed by atoms with E-state index in [0.717, 1.165) is 29.0 Å². The summed E-state index contributed by atoms with van der Waals surface area (Å²) in [5.41, 5.74) is 4.23. The first-order chi connectivity index (χ1) is 25.1. The molecule has 25 nitrogen and oxygen atoms in total. The summed E-state index contributed by atoms with van der Waals surface area (Å²) in [7, 11) is -16.4. The summed E-state index contributed by atoms with van der Waals surface area (Å²) in [5.74, 6) is -1.27. The Morgan fingerprint density at radius 3 is 2.44 bits per heavy atom. The molecule has 7 atom stereocenters. The molecule has 0 aromatic carbocycles. The molecule has 0 saturated carbocycles. The first-order valence-corrected chi connectivity index (χ1v) is 20.9. The van der Waals surface area contributed by atoms with Crippen molar-refractivity contribution < 1.29 is 85.6 Å². The van der Waals surface area contributed by atoms with Gasteiger partial charge in [-0.25, -0.2) is 28.6 Å². The Labute approximate surface area is 310 Å². The Bertz CT molecular complexity index is 1810. The van der Waals surface area contributed by atoms with Crippen molar-refractivity contribution >= 4 is 69.1 Å². The van der Waals surface area contributed by atoms with Crippen LogP contribution < -0.4 is 16.4 Å². The van der Waals surface area contributed by atoms with Crippen LogP contribution >= 0.6 is 35.2 Å². The maximum absolute atomic E-state index is 12.6. The number of nitrogen functional groups attached to an aromatic ring is 1. The molecule has 2 amide bonds. The third-order valence-electron chi connectivity index (χ3n) is 7.11. The molecular weight excluding hydrogens is 811 g/mol. The van der Waals surface area contributed by atoms with E-state index in [9.17, 15) is 57.9 Å². The lowest BCUT2D eigenvalue weighted by Crippen LogP contribution is -2.46. The number of ether oxygens (including phenoxy) is 1. The average Bonchev–Trinajstić information content (AvgIpc) is 3.63. The van der Waals surface area contributed by atoms with E-state index in [1.54, 1.807) is 0 Å². The molecule has 3 unspecified atom stereocenters. The molecular formula is C25H40N7O18P3S. The second-order valence-corrected chi connectivity index (χ2v) is 17.2. The van der Waals surface area contributed by atoms with Crippen LogP contribution in [0, 0.1) is 5.41 Å². The molecule has 0 radical (unpaired) electrons. The number of hydrogen-bond donors (Lipinski definition) is 10. The highest BCUT2D eigenvalue weighted by Gasteiger charge is 2.50. The van der Waals surface area contributed by atoms with Crippen LogP contribution in [-0.2, 0) is 50.7 Å². The first-order valence-electron chi connectivity index (χ1n) is 15.4. The molecule has 304 valence electrons. The average molecular weight is 852 g/mol. The van der Waals surface area contributed by atoms with Gasteiger partial charge in [-0.1, -0.05) is 31.7 Å². The van der Waals surface area contributed by atoms with Crippen molar-refractivity contribution in [3.8, 4) is 0 Å². The zero-order valence-corrected chi connectivity index (χ0v) is 31.9. The number of fused-ring (bicyclic) bond motifs is 1. The van der Waals surface area contributed by atoms with Crippen LogP contribution in [0.25, 0.3) is 11.2 Å². The summed E-state index contributed by atoms with van der Waals surface area (Å²) in [6, 6.07) is 0. The van der Waals surface area contributed by atoms with Gasteiger partial charge in [-0.15, -0.1) is 0 Å². The van der Waals surface area contributed by atoms with Gasteiger partial charge in [-0.05, 0) is 6.08 Å². The summed E-state index contributed by atoms with van der Waals surface area (Å²) in [6.45, 7) is 0.0610. The predicted molar refractivity (Wildman–Crippen MR) is 183 cm³/mol. The minimum atomic E-state index is -5.57. The number of carbonyl (C=O) groups excluding carboxylic acids is 3. The highest BCUT2D eigenvalue weighted by molar-refractivity contribution is 8.14. The smallest absolute Gasteiger partial charge is 0.392 e. The zero-order valence-electron chi connectivity index (χ0n) is 28.4. The Kier molecular flexibility index (Phi) is 16.4. The Balaban J connectivity index is 1.51. The molecule has 0 bridgehead atoms. The second kappa shape index (κ2) is 19.4. The maximum atomic E-state index is 12.6.